The highest BCUT2D eigenvalue weighted by atomic mass is 16.5. The number of nitrogens with two attached hydrogens (primary N) is 1. The van der Waals surface area contributed by atoms with Crippen LogP contribution in [-0.4, -0.2) is 66.3 Å². The molecule has 7 nitrogen and oxygen atoms in total. The molecule has 0 bridgehead atoms. The van der Waals surface area contributed by atoms with Gasteiger partial charge in [-0.25, -0.2) is 15.0 Å². The van der Waals surface area contributed by atoms with Gasteiger partial charge in [-0.15, -0.1) is 0 Å². The fourth-order valence-corrected chi connectivity index (χ4v) is 4.19. The van der Waals surface area contributed by atoms with Crippen LogP contribution in [0.2, 0.25) is 0 Å². The van der Waals surface area contributed by atoms with Crippen molar-refractivity contribution in [2.45, 2.75) is 32.9 Å². The predicted octanol–water partition coefficient (Wildman–Crippen LogP) is 0.973. The van der Waals surface area contributed by atoms with Crippen LogP contribution < -0.4 is 10.6 Å². The van der Waals surface area contributed by atoms with Crippen LogP contribution in [0, 0.1) is 11.3 Å². The minimum atomic E-state index is 0.0263. The van der Waals surface area contributed by atoms with Crippen molar-refractivity contribution in [2.75, 3.05) is 38.2 Å². The Morgan fingerprint density at radius 1 is 1.25 bits per heavy atom. The van der Waals surface area contributed by atoms with Crippen molar-refractivity contribution in [2.24, 2.45) is 22.1 Å². The lowest BCUT2D eigenvalue weighted by Gasteiger charge is -2.54. The molecular formula is C17H28N6O. The fraction of sp³-hybridized carbons (Fsp3) is 0.706. The number of nitrogens with zero attached hydrogens (tertiary/aromatic N) is 5. The second-order valence-corrected chi connectivity index (χ2v) is 7.29. The Labute approximate surface area is 143 Å². The lowest BCUT2D eigenvalue weighted by atomic mass is 9.58. The largest absolute Gasteiger partial charge is 0.380 e. The number of rotatable bonds is 3. The number of methoxy groups -OCH3 is 1. The van der Waals surface area contributed by atoms with Gasteiger partial charge in [0.15, 0.2) is 5.96 Å². The average molecular weight is 332 g/mol. The van der Waals surface area contributed by atoms with Crippen molar-refractivity contribution in [3.63, 3.8) is 0 Å². The van der Waals surface area contributed by atoms with Crippen molar-refractivity contribution in [1.29, 1.82) is 0 Å². The highest BCUT2D eigenvalue weighted by molar-refractivity contribution is 5.78. The zero-order valence-electron chi connectivity index (χ0n) is 15.0. The summed E-state index contributed by atoms with van der Waals surface area (Å²) in [6.45, 7) is 9.97. The van der Waals surface area contributed by atoms with E-state index in [1.54, 1.807) is 19.5 Å². The average Bonchev–Trinajstić information content (AvgIpc) is 2.60. The molecule has 1 aliphatic carbocycles. The highest BCUT2D eigenvalue weighted by Gasteiger charge is 2.55. The summed E-state index contributed by atoms with van der Waals surface area (Å²) in [5.74, 6) is 1.81. The SMILES string of the molecule is COC1C(C)C(N=C(N)N2CCN(c3ncccn3)CC2)C1(C)C. The molecule has 2 aliphatic rings. The van der Waals surface area contributed by atoms with Gasteiger partial charge in [0, 0.05) is 57.0 Å². The molecule has 2 fully saturated rings. The molecular weight excluding hydrogens is 304 g/mol. The number of piperazine rings is 1. The number of ether oxygens (including phenoxy) is 1. The summed E-state index contributed by atoms with van der Waals surface area (Å²) < 4.78 is 5.59. The normalized spacial score (nSPS) is 30.2. The van der Waals surface area contributed by atoms with E-state index in [1.165, 1.54) is 0 Å². The molecule has 3 atom stereocenters. The van der Waals surface area contributed by atoms with Gasteiger partial charge in [0.1, 0.15) is 0 Å². The molecule has 0 aromatic carbocycles. The van der Waals surface area contributed by atoms with Crippen molar-refractivity contribution >= 4 is 11.9 Å². The number of guanidine groups is 1. The summed E-state index contributed by atoms with van der Waals surface area (Å²) in [6.07, 6.45) is 3.79. The van der Waals surface area contributed by atoms with Crippen molar-refractivity contribution < 1.29 is 4.74 Å². The quantitative estimate of drug-likeness (QED) is 0.656. The first-order chi connectivity index (χ1) is 11.4. The van der Waals surface area contributed by atoms with Gasteiger partial charge in [0.2, 0.25) is 5.95 Å². The van der Waals surface area contributed by atoms with Crippen LogP contribution in [0.3, 0.4) is 0 Å². The van der Waals surface area contributed by atoms with Gasteiger partial charge in [-0.05, 0) is 6.07 Å². The first-order valence-corrected chi connectivity index (χ1v) is 8.58. The molecule has 0 spiro atoms. The van der Waals surface area contributed by atoms with Gasteiger partial charge in [0.05, 0.1) is 12.1 Å². The van der Waals surface area contributed by atoms with E-state index >= 15 is 0 Å². The Morgan fingerprint density at radius 3 is 2.42 bits per heavy atom. The van der Waals surface area contributed by atoms with Gasteiger partial charge in [-0.2, -0.15) is 0 Å². The first-order valence-electron chi connectivity index (χ1n) is 8.58. The molecule has 7 heteroatoms. The molecule has 24 heavy (non-hydrogen) atoms. The topological polar surface area (TPSA) is 79.9 Å². The van der Waals surface area contributed by atoms with Gasteiger partial charge in [0.25, 0.3) is 0 Å². The molecule has 1 saturated carbocycles. The number of aliphatic imine (C=N–C) groups is 1. The highest BCUT2D eigenvalue weighted by Crippen LogP contribution is 2.48. The molecule has 1 aromatic rings. The first kappa shape index (κ1) is 17.0. The zero-order valence-corrected chi connectivity index (χ0v) is 15.0. The summed E-state index contributed by atoms with van der Waals surface area (Å²) in [6, 6.07) is 2.04. The second kappa shape index (κ2) is 6.55. The lowest BCUT2D eigenvalue weighted by Crippen LogP contribution is -2.61. The maximum atomic E-state index is 6.30. The van der Waals surface area contributed by atoms with Crippen molar-refractivity contribution in [3.05, 3.63) is 18.5 Å². The Kier molecular flexibility index (Phi) is 4.62. The molecule has 2 heterocycles. The number of hydrogen-bond donors (Lipinski definition) is 1. The van der Waals surface area contributed by atoms with Gasteiger partial charge < -0.3 is 20.3 Å². The maximum absolute atomic E-state index is 6.30. The molecule has 3 unspecified atom stereocenters. The number of hydrogen-bond acceptors (Lipinski definition) is 5. The summed E-state index contributed by atoms with van der Waals surface area (Å²) in [5, 5.41) is 0. The van der Waals surface area contributed by atoms with Crippen LogP contribution in [0.5, 0.6) is 0 Å². The van der Waals surface area contributed by atoms with E-state index < -0.39 is 0 Å². The van der Waals surface area contributed by atoms with E-state index in [2.05, 4.69) is 40.5 Å². The van der Waals surface area contributed by atoms with Crippen molar-refractivity contribution in [1.82, 2.24) is 14.9 Å². The zero-order chi connectivity index (χ0) is 17.3. The summed E-state index contributed by atoms with van der Waals surface area (Å²) in [4.78, 5) is 17.8. The van der Waals surface area contributed by atoms with Crippen molar-refractivity contribution in [3.8, 4) is 0 Å². The lowest BCUT2D eigenvalue weighted by molar-refractivity contribution is -0.132. The summed E-state index contributed by atoms with van der Waals surface area (Å²) >= 11 is 0. The van der Waals surface area contributed by atoms with E-state index in [9.17, 15) is 0 Å². The van der Waals surface area contributed by atoms with Crippen LogP contribution >= 0.6 is 0 Å². The standard InChI is InChI=1S/C17H28N6O/c1-12-13(17(2,3)14(12)24-4)21-15(18)22-8-10-23(11-9-22)16-19-6-5-7-20-16/h5-7,12-14H,8-11H2,1-4H3,(H2,18,21). The maximum Gasteiger partial charge on any atom is 0.225 e. The van der Waals surface area contributed by atoms with Crippen LogP contribution in [0.4, 0.5) is 5.95 Å². The van der Waals surface area contributed by atoms with Gasteiger partial charge >= 0.3 is 0 Å². The van der Waals surface area contributed by atoms with E-state index in [4.69, 9.17) is 15.5 Å². The molecule has 1 aliphatic heterocycles. The molecule has 132 valence electrons. The second-order valence-electron chi connectivity index (χ2n) is 7.29. The van der Waals surface area contributed by atoms with Crippen LogP contribution in [0.15, 0.2) is 23.5 Å². The molecule has 0 radical (unpaired) electrons. The molecule has 0 amide bonds. The Bertz CT molecular complexity index is 582. The van der Waals surface area contributed by atoms with E-state index in [0.717, 1.165) is 32.1 Å². The minimum absolute atomic E-state index is 0.0263. The third-order valence-corrected chi connectivity index (χ3v) is 5.44. The van der Waals surface area contributed by atoms with E-state index in [0.29, 0.717) is 11.9 Å². The summed E-state index contributed by atoms with van der Waals surface area (Å²) in [7, 11) is 1.77. The Balaban J connectivity index is 1.60. The fourth-order valence-electron chi connectivity index (χ4n) is 4.19. The van der Waals surface area contributed by atoms with Crippen LogP contribution in [-0.2, 0) is 4.74 Å². The third-order valence-electron chi connectivity index (χ3n) is 5.44. The van der Waals surface area contributed by atoms with E-state index in [1.807, 2.05) is 6.07 Å². The number of anilines is 1. The van der Waals surface area contributed by atoms with Gasteiger partial charge in [-0.1, -0.05) is 20.8 Å². The number of aromatic nitrogens is 2. The predicted molar refractivity (Wildman–Crippen MR) is 95.0 cm³/mol. The van der Waals surface area contributed by atoms with Crippen LogP contribution in [0.1, 0.15) is 20.8 Å². The summed E-state index contributed by atoms with van der Waals surface area (Å²) in [5.41, 5.74) is 6.32. The van der Waals surface area contributed by atoms with E-state index in [-0.39, 0.29) is 17.6 Å². The Hall–Kier alpha value is -1.89. The molecule has 1 saturated heterocycles. The van der Waals surface area contributed by atoms with Gasteiger partial charge in [-0.3, -0.25) is 0 Å². The van der Waals surface area contributed by atoms with Crippen LogP contribution in [0.25, 0.3) is 0 Å². The molecule has 1 aromatic heterocycles. The monoisotopic (exact) mass is 332 g/mol. The smallest absolute Gasteiger partial charge is 0.225 e. The molecule has 3 rings (SSSR count). The molecule has 2 N–H and O–H groups in total. The third kappa shape index (κ3) is 2.92. The minimum Gasteiger partial charge on any atom is -0.380 e. The Morgan fingerprint density at radius 2 is 1.88 bits per heavy atom.